The molecule has 2 aromatic heterocycles. The zero-order valence-electron chi connectivity index (χ0n) is 17.7. The summed E-state index contributed by atoms with van der Waals surface area (Å²) in [6, 6.07) is 15.6. The predicted molar refractivity (Wildman–Crippen MR) is 117 cm³/mol. The summed E-state index contributed by atoms with van der Waals surface area (Å²) in [6.45, 7) is 2.05. The van der Waals surface area contributed by atoms with Gasteiger partial charge in [0.1, 0.15) is 5.76 Å². The Morgan fingerprint density at radius 3 is 2.45 bits per heavy atom. The Balaban J connectivity index is 1.47. The Morgan fingerprint density at radius 2 is 1.79 bits per heavy atom. The normalized spacial score (nSPS) is 12.8. The van der Waals surface area contributed by atoms with Crippen molar-refractivity contribution in [1.82, 2.24) is 9.78 Å². The van der Waals surface area contributed by atoms with Crippen molar-refractivity contribution in [3.8, 4) is 16.9 Å². The van der Waals surface area contributed by atoms with Crippen molar-refractivity contribution in [3.05, 3.63) is 89.0 Å². The smallest absolute Gasteiger partial charge is 0.435 e. The standard InChI is InChI=1S/C25H20F3N3O2/c1-2-15-3-7-17(8-4-15)29-24(32)16-5-9-18(10-6-16)31-22-19-13-14-33-21(19)12-11-20(22)23(30-31)25(26,27)28/h3-10,13-14H,2,11-12H2,1H3,(H,29,32). The van der Waals surface area contributed by atoms with Crippen LogP contribution >= 0.6 is 0 Å². The molecule has 1 aliphatic carbocycles. The Labute approximate surface area is 187 Å². The highest BCUT2D eigenvalue weighted by Crippen LogP contribution is 2.42. The van der Waals surface area contributed by atoms with E-state index < -0.39 is 11.9 Å². The highest BCUT2D eigenvalue weighted by molar-refractivity contribution is 6.04. The highest BCUT2D eigenvalue weighted by Gasteiger charge is 2.41. The number of aromatic nitrogens is 2. The van der Waals surface area contributed by atoms with Crippen LogP contribution < -0.4 is 5.32 Å². The van der Waals surface area contributed by atoms with Crippen LogP contribution in [0.1, 0.15) is 39.9 Å². The number of carbonyl (C=O) groups excluding carboxylic acids is 1. The number of rotatable bonds is 4. The summed E-state index contributed by atoms with van der Waals surface area (Å²) < 4.78 is 47.8. The number of anilines is 1. The molecule has 168 valence electrons. The number of hydrogen-bond donors (Lipinski definition) is 1. The summed E-state index contributed by atoms with van der Waals surface area (Å²) in [4.78, 5) is 12.6. The lowest BCUT2D eigenvalue weighted by Gasteiger charge is -2.15. The fourth-order valence-corrected chi connectivity index (χ4v) is 4.14. The predicted octanol–water partition coefficient (Wildman–Crippen LogP) is 6.06. The molecule has 0 fully saturated rings. The number of amides is 1. The van der Waals surface area contributed by atoms with E-state index in [4.69, 9.17) is 4.42 Å². The molecule has 1 N–H and O–H groups in total. The van der Waals surface area contributed by atoms with Gasteiger partial charge in [0, 0.05) is 28.8 Å². The van der Waals surface area contributed by atoms with E-state index in [2.05, 4.69) is 17.3 Å². The van der Waals surface area contributed by atoms with Crippen LogP contribution in [0.25, 0.3) is 16.9 Å². The van der Waals surface area contributed by atoms with E-state index >= 15 is 0 Å². The Bertz CT molecular complexity index is 1320. The molecule has 1 amide bonds. The number of aryl methyl sites for hydroxylation is 2. The van der Waals surface area contributed by atoms with Crippen LogP contribution in [-0.2, 0) is 25.4 Å². The third-order valence-electron chi connectivity index (χ3n) is 5.85. The molecule has 5 rings (SSSR count). The Hall–Kier alpha value is -3.81. The van der Waals surface area contributed by atoms with E-state index in [1.54, 1.807) is 30.3 Å². The first-order valence-corrected chi connectivity index (χ1v) is 10.6. The number of carbonyl (C=O) groups is 1. The number of hydrogen-bond acceptors (Lipinski definition) is 3. The molecule has 0 spiro atoms. The fraction of sp³-hybridized carbons (Fsp3) is 0.200. The number of furan rings is 1. The summed E-state index contributed by atoms with van der Waals surface area (Å²) >= 11 is 0. The lowest BCUT2D eigenvalue weighted by molar-refractivity contribution is -0.142. The second-order valence-electron chi connectivity index (χ2n) is 7.89. The lowest BCUT2D eigenvalue weighted by Crippen LogP contribution is -2.12. The summed E-state index contributed by atoms with van der Waals surface area (Å²) in [7, 11) is 0. The van der Waals surface area contributed by atoms with Gasteiger partial charge < -0.3 is 9.73 Å². The fourth-order valence-electron chi connectivity index (χ4n) is 4.14. The molecule has 0 saturated carbocycles. The first kappa shape index (κ1) is 21.1. The van der Waals surface area contributed by atoms with Gasteiger partial charge in [-0.25, -0.2) is 4.68 Å². The molecule has 2 heterocycles. The maximum absolute atomic E-state index is 13.7. The molecule has 0 atom stereocenters. The van der Waals surface area contributed by atoms with Gasteiger partial charge in [0.15, 0.2) is 5.69 Å². The zero-order valence-corrected chi connectivity index (χ0v) is 17.7. The van der Waals surface area contributed by atoms with Gasteiger partial charge in [0.2, 0.25) is 0 Å². The highest BCUT2D eigenvalue weighted by atomic mass is 19.4. The molecule has 0 radical (unpaired) electrons. The maximum atomic E-state index is 13.7. The number of benzene rings is 2. The minimum absolute atomic E-state index is 0.161. The average molecular weight is 451 g/mol. The molecular formula is C25H20F3N3O2. The average Bonchev–Trinajstić information content (AvgIpc) is 3.44. The van der Waals surface area contributed by atoms with Crippen molar-refractivity contribution in [2.75, 3.05) is 5.32 Å². The van der Waals surface area contributed by atoms with E-state index in [0.717, 1.165) is 6.42 Å². The van der Waals surface area contributed by atoms with E-state index in [1.807, 2.05) is 24.3 Å². The summed E-state index contributed by atoms with van der Waals surface area (Å²) in [5.41, 5.74) is 2.92. The van der Waals surface area contributed by atoms with Crippen LogP contribution in [0.2, 0.25) is 0 Å². The second-order valence-corrected chi connectivity index (χ2v) is 7.89. The molecule has 8 heteroatoms. The Kier molecular flexibility index (Phi) is 5.08. The SMILES string of the molecule is CCc1ccc(NC(=O)c2ccc(-n3nc(C(F)(F)F)c4c3-c3ccoc3CC4)cc2)cc1. The monoisotopic (exact) mass is 451 g/mol. The Morgan fingerprint density at radius 1 is 1.06 bits per heavy atom. The third kappa shape index (κ3) is 3.82. The van der Waals surface area contributed by atoms with Gasteiger partial charge in [-0.05, 0) is 60.9 Å². The van der Waals surface area contributed by atoms with Crippen molar-refractivity contribution in [3.63, 3.8) is 0 Å². The lowest BCUT2D eigenvalue weighted by atomic mass is 9.94. The first-order chi connectivity index (χ1) is 15.8. The minimum atomic E-state index is -4.57. The number of nitrogens with zero attached hydrogens (tertiary/aromatic N) is 2. The molecule has 0 saturated heterocycles. The second kappa shape index (κ2) is 7.95. The third-order valence-corrected chi connectivity index (χ3v) is 5.85. The van der Waals surface area contributed by atoms with E-state index in [0.29, 0.717) is 40.4 Å². The van der Waals surface area contributed by atoms with Crippen molar-refractivity contribution >= 4 is 11.6 Å². The van der Waals surface area contributed by atoms with Gasteiger partial charge >= 0.3 is 6.18 Å². The number of halogens is 3. The van der Waals surface area contributed by atoms with Crippen LogP contribution in [0.3, 0.4) is 0 Å². The first-order valence-electron chi connectivity index (χ1n) is 10.6. The van der Waals surface area contributed by atoms with E-state index in [-0.39, 0.29) is 17.9 Å². The van der Waals surface area contributed by atoms with Gasteiger partial charge in [-0.2, -0.15) is 18.3 Å². The summed E-state index contributed by atoms with van der Waals surface area (Å²) in [6.07, 6.45) is -1.60. The van der Waals surface area contributed by atoms with Crippen LogP contribution in [-0.4, -0.2) is 15.7 Å². The van der Waals surface area contributed by atoms with Gasteiger partial charge in [-0.3, -0.25) is 4.79 Å². The van der Waals surface area contributed by atoms with Crippen molar-refractivity contribution in [1.29, 1.82) is 0 Å². The maximum Gasteiger partial charge on any atom is 0.435 e. The molecule has 33 heavy (non-hydrogen) atoms. The summed E-state index contributed by atoms with van der Waals surface area (Å²) in [5, 5.41) is 6.75. The number of alkyl halides is 3. The molecular weight excluding hydrogens is 431 g/mol. The summed E-state index contributed by atoms with van der Waals surface area (Å²) in [5.74, 6) is 0.337. The van der Waals surface area contributed by atoms with Crippen LogP contribution in [0.4, 0.5) is 18.9 Å². The van der Waals surface area contributed by atoms with Crippen molar-refractivity contribution in [2.45, 2.75) is 32.4 Å². The zero-order chi connectivity index (χ0) is 23.2. The van der Waals surface area contributed by atoms with Gasteiger partial charge in [-0.1, -0.05) is 19.1 Å². The molecule has 1 aliphatic rings. The number of fused-ring (bicyclic) bond motifs is 3. The quantitative estimate of drug-likeness (QED) is 0.410. The largest absolute Gasteiger partial charge is 0.469 e. The molecule has 0 bridgehead atoms. The van der Waals surface area contributed by atoms with E-state index in [1.165, 1.54) is 16.5 Å². The van der Waals surface area contributed by atoms with Crippen LogP contribution in [0, 0.1) is 0 Å². The van der Waals surface area contributed by atoms with Gasteiger partial charge in [0.05, 0.1) is 17.6 Å². The van der Waals surface area contributed by atoms with Gasteiger partial charge in [0.25, 0.3) is 5.91 Å². The van der Waals surface area contributed by atoms with Crippen LogP contribution in [0.5, 0.6) is 0 Å². The molecule has 4 aromatic rings. The molecule has 0 aliphatic heterocycles. The van der Waals surface area contributed by atoms with E-state index in [9.17, 15) is 18.0 Å². The minimum Gasteiger partial charge on any atom is -0.469 e. The topological polar surface area (TPSA) is 60.1 Å². The molecule has 2 aromatic carbocycles. The molecule has 5 nitrogen and oxygen atoms in total. The van der Waals surface area contributed by atoms with Crippen molar-refractivity contribution < 1.29 is 22.4 Å². The van der Waals surface area contributed by atoms with Crippen LogP contribution in [0.15, 0.2) is 65.3 Å². The number of nitrogens with one attached hydrogen (secondary N) is 1. The molecule has 0 unspecified atom stereocenters. The van der Waals surface area contributed by atoms with Gasteiger partial charge in [-0.15, -0.1) is 0 Å². The van der Waals surface area contributed by atoms with Crippen molar-refractivity contribution in [2.24, 2.45) is 0 Å².